The van der Waals surface area contributed by atoms with Crippen LogP contribution in [0.3, 0.4) is 0 Å². The normalized spacial score (nSPS) is 10.5. The summed E-state index contributed by atoms with van der Waals surface area (Å²) in [5.41, 5.74) is 0. The van der Waals surface area contributed by atoms with Crippen molar-refractivity contribution in [2.75, 3.05) is 37.1 Å². The topological polar surface area (TPSA) is 12.0 Å². The molecule has 0 unspecified atom stereocenters. The summed E-state index contributed by atoms with van der Waals surface area (Å²) in [5, 5.41) is 3.46. The predicted molar refractivity (Wildman–Crippen MR) is 63.5 cm³/mol. The van der Waals surface area contributed by atoms with Crippen molar-refractivity contribution < 1.29 is 0 Å². The van der Waals surface area contributed by atoms with Crippen LogP contribution in [-0.2, 0) is 0 Å². The van der Waals surface area contributed by atoms with Crippen LogP contribution < -0.4 is 5.32 Å². The van der Waals surface area contributed by atoms with Crippen molar-refractivity contribution in [3.05, 3.63) is 0 Å². The van der Waals surface area contributed by atoms with Crippen molar-refractivity contribution in [1.82, 2.24) is 5.32 Å². The van der Waals surface area contributed by atoms with Gasteiger partial charge in [-0.05, 0) is 56.4 Å². The number of nitrogens with one attached hydrogen (secondary N) is 1. The predicted octanol–water partition coefficient (Wildman–Crippen LogP) is 2.47. The molecule has 12 heavy (non-hydrogen) atoms. The Morgan fingerprint density at radius 3 is 2.08 bits per heavy atom. The van der Waals surface area contributed by atoms with Crippen LogP contribution in [0.4, 0.5) is 0 Å². The number of thioether (sulfide) groups is 2. The molecule has 0 fully saturated rings. The molecule has 0 aliphatic rings. The van der Waals surface area contributed by atoms with E-state index in [-0.39, 0.29) is 0 Å². The first-order valence-corrected chi connectivity index (χ1v) is 7.39. The third-order valence-corrected chi connectivity index (χ3v) is 3.05. The Morgan fingerprint density at radius 2 is 1.42 bits per heavy atom. The molecule has 0 saturated carbocycles. The van der Waals surface area contributed by atoms with E-state index in [0.29, 0.717) is 0 Å². The summed E-state index contributed by atoms with van der Waals surface area (Å²) in [6.45, 7) is 2.40. The van der Waals surface area contributed by atoms with E-state index in [1.807, 2.05) is 23.5 Å². The summed E-state index contributed by atoms with van der Waals surface area (Å²) < 4.78 is 0. The van der Waals surface area contributed by atoms with Crippen LogP contribution in [0.5, 0.6) is 0 Å². The Kier molecular flexibility index (Phi) is 12.3. The van der Waals surface area contributed by atoms with E-state index in [1.54, 1.807) is 0 Å². The van der Waals surface area contributed by atoms with Gasteiger partial charge in [-0.3, -0.25) is 0 Å². The lowest BCUT2D eigenvalue weighted by Gasteiger charge is -2.02. The highest BCUT2D eigenvalue weighted by Gasteiger charge is 1.88. The molecule has 0 saturated heterocycles. The molecule has 0 aliphatic heterocycles. The van der Waals surface area contributed by atoms with Crippen LogP contribution in [0.1, 0.15) is 19.3 Å². The molecule has 1 N–H and O–H groups in total. The second-order valence-electron chi connectivity index (χ2n) is 2.80. The zero-order valence-electron chi connectivity index (χ0n) is 8.27. The van der Waals surface area contributed by atoms with Gasteiger partial charge < -0.3 is 5.32 Å². The monoisotopic (exact) mass is 207 g/mol. The summed E-state index contributed by atoms with van der Waals surface area (Å²) >= 11 is 3.87. The van der Waals surface area contributed by atoms with Crippen molar-refractivity contribution in [1.29, 1.82) is 0 Å². The van der Waals surface area contributed by atoms with Crippen molar-refractivity contribution in [3.63, 3.8) is 0 Å². The third kappa shape index (κ3) is 10.7. The van der Waals surface area contributed by atoms with Gasteiger partial charge in [-0.2, -0.15) is 23.5 Å². The smallest absolute Gasteiger partial charge is 0.00411 e. The van der Waals surface area contributed by atoms with Gasteiger partial charge in [-0.15, -0.1) is 0 Å². The molecule has 0 heterocycles. The summed E-state index contributed by atoms with van der Waals surface area (Å²) in [4.78, 5) is 0. The number of hydrogen-bond acceptors (Lipinski definition) is 3. The fourth-order valence-corrected chi connectivity index (χ4v) is 1.89. The van der Waals surface area contributed by atoms with E-state index in [4.69, 9.17) is 0 Å². The second-order valence-corrected chi connectivity index (χ2v) is 4.77. The fourth-order valence-electron chi connectivity index (χ4n) is 0.963. The van der Waals surface area contributed by atoms with E-state index < -0.39 is 0 Å². The van der Waals surface area contributed by atoms with Crippen LogP contribution in [0.15, 0.2) is 0 Å². The van der Waals surface area contributed by atoms with E-state index in [2.05, 4.69) is 17.8 Å². The van der Waals surface area contributed by atoms with Gasteiger partial charge in [-0.25, -0.2) is 0 Å². The van der Waals surface area contributed by atoms with Gasteiger partial charge in [0.1, 0.15) is 0 Å². The highest BCUT2D eigenvalue weighted by atomic mass is 32.2. The molecule has 0 rings (SSSR count). The highest BCUT2D eigenvalue weighted by Crippen LogP contribution is 1.98. The Labute approximate surface area is 85.5 Å². The van der Waals surface area contributed by atoms with Crippen molar-refractivity contribution in [3.8, 4) is 0 Å². The van der Waals surface area contributed by atoms with E-state index in [1.165, 1.54) is 43.9 Å². The maximum atomic E-state index is 3.46. The molecule has 0 spiro atoms. The van der Waals surface area contributed by atoms with E-state index in [9.17, 15) is 0 Å². The molecule has 3 heteroatoms. The minimum atomic E-state index is 1.19. The molecule has 0 amide bonds. The largest absolute Gasteiger partial charge is 0.317 e. The maximum Gasteiger partial charge on any atom is -0.00411 e. The minimum Gasteiger partial charge on any atom is -0.317 e. The van der Waals surface area contributed by atoms with Crippen molar-refractivity contribution >= 4 is 23.5 Å². The minimum absolute atomic E-state index is 1.19. The molecular formula is C9H21NS2. The first kappa shape index (κ1) is 12.7. The Balaban J connectivity index is 2.73. The van der Waals surface area contributed by atoms with Crippen LogP contribution >= 0.6 is 23.5 Å². The summed E-state index contributed by atoms with van der Waals surface area (Å²) in [5.74, 6) is 2.60. The third-order valence-electron chi connectivity index (χ3n) is 1.65. The molecule has 0 aromatic heterocycles. The molecule has 74 valence electrons. The summed E-state index contributed by atoms with van der Waals surface area (Å²) in [6, 6.07) is 0. The van der Waals surface area contributed by atoms with Crippen molar-refractivity contribution in [2.45, 2.75) is 19.3 Å². The first-order valence-electron chi connectivity index (χ1n) is 4.60. The zero-order chi connectivity index (χ0) is 9.07. The van der Waals surface area contributed by atoms with Gasteiger partial charge in [0.2, 0.25) is 0 Å². The quantitative estimate of drug-likeness (QED) is 0.583. The Morgan fingerprint density at radius 1 is 0.833 bits per heavy atom. The molecule has 0 aliphatic carbocycles. The molecule has 0 aromatic carbocycles. The Hall–Kier alpha value is 0.660. The first-order chi connectivity index (χ1) is 5.91. The lowest BCUT2D eigenvalue weighted by atomic mass is 10.3. The average molecular weight is 207 g/mol. The molecule has 0 radical (unpaired) electrons. The average Bonchev–Trinajstić information content (AvgIpc) is 2.10. The fraction of sp³-hybridized carbons (Fsp3) is 1.00. The SMILES string of the molecule is CSCCCCNCCCSC. The Bertz CT molecular complexity index is 68.9. The van der Waals surface area contributed by atoms with Gasteiger partial charge >= 0.3 is 0 Å². The van der Waals surface area contributed by atoms with Gasteiger partial charge in [0, 0.05) is 0 Å². The van der Waals surface area contributed by atoms with Crippen LogP contribution in [0.2, 0.25) is 0 Å². The number of rotatable bonds is 9. The van der Waals surface area contributed by atoms with Gasteiger partial charge in [0.05, 0.1) is 0 Å². The number of hydrogen-bond donors (Lipinski definition) is 1. The summed E-state index contributed by atoms with van der Waals surface area (Å²) in [6.07, 6.45) is 8.34. The van der Waals surface area contributed by atoms with Crippen molar-refractivity contribution in [2.24, 2.45) is 0 Å². The molecule has 0 aromatic rings. The van der Waals surface area contributed by atoms with Gasteiger partial charge in [0.15, 0.2) is 0 Å². The van der Waals surface area contributed by atoms with Crippen LogP contribution in [-0.4, -0.2) is 37.1 Å². The lowest BCUT2D eigenvalue weighted by molar-refractivity contribution is 0.637. The lowest BCUT2D eigenvalue weighted by Crippen LogP contribution is -2.17. The molecular weight excluding hydrogens is 186 g/mol. The maximum absolute atomic E-state index is 3.46. The zero-order valence-corrected chi connectivity index (χ0v) is 9.90. The summed E-state index contributed by atoms with van der Waals surface area (Å²) in [7, 11) is 0. The molecule has 0 bridgehead atoms. The second kappa shape index (κ2) is 11.7. The van der Waals surface area contributed by atoms with Crippen LogP contribution in [0.25, 0.3) is 0 Å². The molecule has 0 atom stereocenters. The van der Waals surface area contributed by atoms with Gasteiger partial charge in [0.25, 0.3) is 0 Å². The number of unbranched alkanes of at least 4 members (excludes halogenated alkanes) is 1. The standard InChI is InChI=1S/C9H21NS2/c1-11-8-4-3-6-10-7-5-9-12-2/h10H,3-9H2,1-2H3. The van der Waals surface area contributed by atoms with E-state index in [0.717, 1.165) is 0 Å². The van der Waals surface area contributed by atoms with E-state index >= 15 is 0 Å². The molecule has 1 nitrogen and oxygen atoms in total. The highest BCUT2D eigenvalue weighted by molar-refractivity contribution is 7.98. The van der Waals surface area contributed by atoms with Crippen LogP contribution in [0, 0.1) is 0 Å². The van der Waals surface area contributed by atoms with Gasteiger partial charge in [-0.1, -0.05) is 0 Å².